The zero-order valence-corrected chi connectivity index (χ0v) is 23.6. The predicted octanol–water partition coefficient (Wildman–Crippen LogP) is 9.95. The van der Waals surface area contributed by atoms with Crippen LogP contribution in [-0.4, -0.2) is 4.57 Å². The largest absolute Gasteiger partial charge is 0.366 e. The van der Waals surface area contributed by atoms with Crippen LogP contribution in [0.15, 0.2) is 140 Å². The van der Waals surface area contributed by atoms with Crippen LogP contribution in [0, 0.1) is 0 Å². The molecule has 0 aliphatic carbocycles. The standard InChI is InChI=1S/C38H27N3S/c1-2-11-24(12-3-1)38-39-31-18-7-4-16-29(31)36(40-38)25-13-10-14-26(23-25)41-32-19-8-5-15-27(32)28-21-22-34-35(37(28)41)30-17-6-9-20-33(30)42-34/h1-23,36,38-40H. The van der Waals surface area contributed by atoms with Gasteiger partial charge in [-0.1, -0.05) is 103 Å². The lowest BCUT2D eigenvalue weighted by atomic mass is 9.93. The van der Waals surface area contributed by atoms with Gasteiger partial charge >= 0.3 is 0 Å². The van der Waals surface area contributed by atoms with Gasteiger partial charge in [-0.15, -0.1) is 11.3 Å². The van der Waals surface area contributed by atoms with Crippen LogP contribution >= 0.6 is 11.3 Å². The lowest BCUT2D eigenvalue weighted by Crippen LogP contribution is -2.37. The Hall–Kier alpha value is -4.90. The third kappa shape index (κ3) is 3.56. The average Bonchev–Trinajstić information content (AvgIpc) is 3.60. The van der Waals surface area contributed by atoms with Crippen LogP contribution in [0.5, 0.6) is 0 Å². The number of benzene rings is 6. The van der Waals surface area contributed by atoms with Crippen LogP contribution in [0.4, 0.5) is 5.69 Å². The predicted molar refractivity (Wildman–Crippen MR) is 178 cm³/mol. The molecule has 0 bridgehead atoms. The zero-order chi connectivity index (χ0) is 27.6. The van der Waals surface area contributed by atoms with Gasteiger partial charge in [0.25, 0.3) is 0 Å². The monoisotopic (exact) mass is 557 g/mol. The van der Waals surface area contributed by atoms with Gasteiger partial charge in [0.1, 0.15) is 6.17 Å². The number of rotatable bonds is 3. The van der Waals surface area contributed by atoms with Crippen LogP contribution in [0.1, 0.15) is 28.9 Å². The second kappa shape index (κ2) is 9.31. The minimum Gasteiger partial charge on any atom is -0.366 e. The minimum absolute atomic E-state index is 0.0137. The van der Waals surface area contributed by atoms with Gasteiger partial charge in [-0.3, -0.25) is 5.32 Å². The first-order valence-corrected chi connectivity index (χ1v) is 15.3. The Morgan fingerprint density at radius 3 is 2.26 bits per heavy atom. The maximum absolute atomic E-state index is 3.92. The molecule has 0 radical (unpaired) electrons. The molecule has 3 heterocycles. The minimum atomic E-state index is 0.0137. The molecule has 4 heteroatoms. The molecule has 9 rings (SSSR count). The van der Waals surface area contributed by atoms with Crippen LogP contribution in [0.25, 0.3) is 47.7 Å². The summed E-state index contributed by atoms with van der Waals surface area (Å²) in [6, 6.07) is 50.7. The van der Waals surface area contributed by atoms with Crippen molar-refractivity contribution in [2.45, 2.75) is 12.2 Å². The summed E-state index contributed by atoms with van der Waals surface area (Å²) < 4.78 is 5.13. The van der Waals surface area contributed by atoms with Crippen LogP contribution < -0.4 is 10.6 Å². The van der Waals surface area contributed by atoms with Crippen molar-refractivity contribution in [3.8, 4) is 5.69 Å². The van der Waals surface area contributed by atoms with E-state index in [-0.39, 0.29) is 12.2 Å². The molecule has 6 aromatic carbocycles. The molecule has 2 unspecified atom stereocenters. The molecule has 2 aromatic heterocycles. The van der Waals surface area contributed by atoms with E-state index in [1.807, 2.05) is 11.3 Å². The Balaban J connectivity index is 1.28. The van der Waals surface area contributed by atoms with E-state index in [0.717, 1.165) is 0 Å². The van der Waals surface area contributed by atoms with E-state index in [1.165, 1.54) is 70.0 Å². The highest BCUT2D eigenvalue weighted by molar-refractivity contribution is 7.26. The van der Waals surface area contributed by atoms with Crippen LogP contribution in [0.2, 0.25) is 0 Å². The number of thiophene rings is 1. The molecule has 3 nitrogen and oxygen atoms in total. The van der Waals surface area contributed by atoms with E-state index in [0.29, 0.717) is 0 Å². The third-order valence-electron chi connectivity index (χ3n) is 8.67. The van der Waals surface area contributed by atoms with E-state index < -0.39 is 0 Å². The zero-order valence-electron chi connectivity index (χ0n) is 22.8. The highest BCUT2D eigenvalue weighted by Gasteiger charge is 2.28. The second-order valence-electron chi connectivity index (χ2n) is 11.1. The summed E-state index contributed by atoms with van der Waals surface area (Å²) in [5.41, 5.74) is 8.59. The number of hydrogen-bond acceptors (Lipinski definition) is 3. The third-order valence-corrected chi connectivity index (χ3v) is 9.81. The molecule has 2 atom stereocenters. The first kappa shape index (κ1) is 23.8. The van der Waals surface area contributed by atoms with Gasteiger partial charge in [-0.05, 0) is 53.1 Å². The fraction of sp³-hybridized carbons (Fsp3) is 0.0526. The smallest absolute Gasteiger partial charge is 0.104 e. The average molecular weight is 558 g/mol. The molecule has 2 N–H and O–H groups in total. The SMILES string of the molecule is c1ccc(C2Nc3ccccc3C(c3cccc(-n4c5ccccc5c5ccc6sc7ccccc7c6c54)c3)N2)cc1. The Kier molecular flexibility index (Phi) is 5.27. The lowest BCUT2D eigenvalue weighted by Gasteiger charge is -2.35. The fourth-order valence-electron chi connectivity index (χ4n) is 6.81. The Morgan fingerprint density at radius 2 is 1.33 bits per heavy atom. The maximum Gasteiger partial charge on any atom is 0.104 e. The fourth-order valence-corrected chi connectivity index (χ4v) is 7.92. The van der Waals surface area contributed by atoms with Crippen molar-refractivity contribution in [2.24, 2.45) is 0 Å². The topological polar surface area (TPSA) is 29.0 Å². The van der Waals surface area contributed by atoms with Crippen LogP contribution in [-0.2, 0) is 0 Å². The molecule has 0 saturated heterocycles. The van der Waals surface area contributed by atoms with Crippen LogP contribution in [0.3, 0.4) is 0 Å². The number of fused-ring (bicyclic) bond motifs is 8. The van der Waals surface area contributed by atoms with Gasteiger partial charge < -0.3 is 9.88 Å². The van der Waals surface area contributed by atoms with Crippen molar-refractivity contribution in [1.82, 2.24) is 9.88 Å². The number of nitrogens with zero attached hydrogens (tertiary/aromatic N) is 1. The van der Waals surface area contributed by atoms with Crippen molar-refractivity contribution in [1.29, 1.82) is 0 Å². The van der Waals surface area contributed by atoms with Crippen molar-refractivity contribution in [3.05, 3.63) is 156 Å². The number of nitrogens with one attached hydrogen (secondary N) is 2. The molecule has 0 amide bonds. The summed E-state index contributed by atoms with van der Waals surface area (Å²) in [5, 5.41) is 12.9. The number of aromatic nitrogens is 1. The van der Waals surface area contributed by atoms with Gasteiger partial charge in [-0.25, -0.2) is 0 Å². The van der Waals surface area contributed by atoms with E-state index in [2.05, 4.69) is 155 Å². The number of anilines is 1. The first-order valence-electron chi connectivity index (χ1n) is 14.4. The van der Waals surface area contributed by atoms with Gasteiger partial charge in [0.15, 0.2) is 0 Å². The van der Waals surface area contributed by atoms with E-state index in [4.69, 9.17) is 0 Å². The summed E-state index contributed by atoms with van der Waals surface area (Å²) in [4.78, 5) is 0. The Bertz CT molecular complexity index is 2280. The van der Waals surface area contributed by atoms with Crippen molar-refractivity contribution in [3.63, 3.8) is 0 Å². The number of para-hydroxylation sites is 2. The second-order valence-corrected chi connectivity index (χ2v) is 12.1. The van der Waals surface area contributed by atoms with E-state index in [9.17, 15) is 0 Å². The molecular formula is C38H27N3S. The number of hydrogen-bond donors (Lipinski definition) is 2. The maximum atomic E-state index is 3.92. The highest BCUT2D eigenvalue weighted by Crippen LogP contribution is 2.43. The Morgan fingerprint density at radius 1 is 0.571 bits per heavy atom. The summed E-state index contributed by atoms with van der Waals surface area (Å²) in [5.74, 6) is 0. The van der Waals surface area contributed by atoms with E-state index in [1.54, 1.807) is 0 Å². The van der Waals surface area contributed by atoms with Crippen molar-refractivity contribution >= 4 is 59.0 Å². The molecule has 8 aromatic rings. The highest BCUT2D eigenvalue weighted by atomic mass is 32.1. The Labute approximate surface area is 247 Å². The molecule has 200 valence electrons. The molecule has 0 saturated carbocycles. The van der Waals surface area contributed by atoms with Gasteiger partial charge in [0.05, 0.1) is 17.1 Å². The lowest BCUT2D eigenvalue weighted by molar-refractivity contribution is 0.506. The quantitative estimate of drug-likeness (QED) is 0.226. The molecule has 1 aliphatic heterocycles. The van der Waals surface area contributed by atoms with Crippen molar-refractivity contribution < 1.29 is 0 Å². The van der Waals surface area contributed by atoms with Gasteiger partial charge in [-0.2, -0.15) is 0 Å². The normalized spacial score (nSPS) is 16.7. The summed E-state index contributed by atoms with van der Waals surface area (Å²) >= 11 is 1.88. The summed E-state index contributed by atoms with van der Waals surface area (Å²) in [7, 11) is 0. The van der Waals surface area contributed by atoms with Gasteiger partial charge in [0.2, 0.25) is 0 Å². The first-order chi connectivity index (χ1) is 20.8. The van der Waals surface area contributed by atoms with Crippen molar-refractivity contribution in [2.75, 3.05) is 5.32 Å². The van der Waals surface area contributed by atoms with Gasteiger partial charge in [0, 0.05) is 42.3 Å². The molecular weight excluding hydrogens is 531 g/mol. The van der Waals surface area contributed by atoms with E-state index >= 15 is 0 Å². The molecule has 1 aliphatic rings. The summed E-state index contributed by atoms with van der Waals surface area (Å²) in [6.07, 6.45) is 0.0137. The molecule has 0 spiro atoms. The molecule has 42 heavy (non-hydrogen) atoms. The molecule has 0 fully saturated rings. The summed E-state index contributed by atoms with van der Waals surface area (Å²) in [6.45, 7) is 0.